The van der Waals surface area contributed by atoms with Crippen LogP contribution < -0.4 is 0 Å². The van der Waals surface area contributed by atoms with Gasteiger partial charge >= 0.3 is 0 Å². The van der Waals surface area contributed by atoms with Crippen LogP contribution in [-0.2, 0) is 0 Å². The third-order valence-corrected chi connectivity index (χ3v) is 10.2. The van der Waals surface area contributed by atoms with Gasteiger partial charge in [-0.3, -0.25) is 0 Å². The summed E-state index contributed by atoms with van der Waals surface area (Å²) in [4.78, 5) is 14.5. The molecule has 0 spiro atoms. The highest BCUT2D eigenvalue weighted by Crippen LogP contribution is 2.44. The number of para-hydroxylation sites is 2. The summed E-state index contributed by atoms with van der Waals surface area (Å²) in [6, 6.07) is 49.1. The standard InChI is InChI=1S/C51H32N4O/c1-5-17-33(18-6-1)37-31-41(34-19-7-2-8-20-34)46-38-25-13-14-28-42(38)55(44(46)32-37)43-29-16-30-45-47(43)39-26-15-27-40(48(39)56-45)51-53-49(35-21-9-3-10-22-35)52-50(54-51)36-23-11-4-12-24-36/h1-32H/i15D,16D,26D,27D,29D,30D. The minimum atomic E-state index is -0.406. The minimum Gasteiger partial charge on any atom is -0.455 e. The van der Waals surface area contributed by atoms with E-state index in [0.29, 0.717) is 22.8 Å². The monoisotopic (exact) mass is 722 g/mol. The number of nitrogens with zero attached hydrogens (tertiary/aromatic N) is 4. The second-order valence-corrected chi connectivity index (χ2v) is 13.5. The Kier molecular flexibility index (Phi) is 6.10. The highest BCUT2D eigenvalue weighted by Gasteiger charge is 2.23. The number of hydrogen-bond donors (Lipinski definition) is 0. The maximum Gasteiger partial charge on any atom is 0.167 e. The Bertz CT molecular complexity index is 3520. The summed E-state index contributed by atoms with van der Waals surface area (Å²) < 4.78 is 64.8. The van der Waals surface area contributed by atoms with Crippen molar-refractivity contribution in [1.29, 1.82) is 0 Å². The molecule has 11 rings (SSSR count). The van der Waals surface area contributed by atoms with Crippen LogP contribution in [0.15, 0.2) is 198 Å². The van der Waals surface area contributed by atoms with Crippen LogP contribution in [0, 0.1) is 0 Å². The third kappa shape index (κ3) is 5.21. The molecule has 0 aliphatic rings. The zero-order chi connectivity index (χ0) is 42.2. The molecule has 11 aromatic rings. The molecule has 0 radical (unpaired) electrons. The van der Waals surface area contributed by atoms with Crippen LogP contribution in [0.25, 0.3) is 106 Å². The largest absolute Gasteiger partial charge is 0.455 e. The zero-order valence-corrected chi connectivity index (χ0v) is 29.7. The van der Waals surface area contributed by atoms with Crippen molar-refractivity contribution in [3.63, 3.8) is 0 Å². The number of fused-ring (bicyclic) bond motifs is 6. The van der Waals surface area contributed by atoms with E-state index in [0.717, 1.165) is 44.1 Å². The predicted molar refractivity (Wildman–Crippen MR) is 229 cm³/mol. The molecule has 5 nitrogen and oxygen atoms in total. The number of hydrogen-bond acceptors (Lipinski definition) is 4. The van der Waals surface area contributed by atoms with E-state index in [4.69, 9.17) is 19.4 Å². The van der Waals surface area contributed by atoms with E-state index in [-0.39, 0.29) is 69.2 Å². The highest BCUT2D eigenvalue weighted by atomic mass is 16.3. The van der Waals surface area contributed by atoms with Crippen molar-refractivity contribution in [3.8, 4) is 62.1 Å². The fourth-order valence-electron chi connectivity index (χ4n) is 7.69. The van der Waals surface area contributed by atoms with Crippen molar-refractivity contribution in [2.75, 3.05) is 0 Å². The zero-order valence-electron chi connectivity index (χ0n) is 35.7. The van der Waals surface area contributed by atoms with Gasteiger partial charge in [-0.2, -0.15) is 0 Å². The first-order valence-corrected chi connectivity index (χ1v) is 18.3. The van der Waals surface area contributed by atoms with E-state index in [9.17, 15) is 8.22 Å². The molecule has 0 unspecified atom stereocenters. The van der Waals surface area contributed by atoms with E-state index in [2.05, 4.69) is 24.3 Å². The van der Waals surface area contributed by atoms with Crippen LogP contribution >= 0.6 is 0 Å². The number of furan rings is 1. The molecule has 0 saturated carbocycles. The fraction of sp³-hybridized carbons (Fsp3) is 0. The first-order valence-electron chi connectivity index (χ1n) is 21.3. The summed E-state index contributed by atoms with van der Waals surface area (Å²) >= 11 is 0. The second-order valence-electron chi connectivity index (χ2n) is 13.5. The quantitative estimate of drug-likeness (QED) is 0.171. The second kappa shape index (κ2) is 13.0. The molecular formula is C51H32N4O. The van der Waals surface area contributed by atoms with Gasteiger partial charge in [0, 0.05) is 27.3 Å². The summed E-state index contributed by atoms with van der Waals surface area (Å²) in [6.45, 7) is 0. The van der Waals surface area contributed by atoms with Crippen molar-refractivity contribution >= 4 is 43.7 Å². The molecule has 3 aromatic heterocycles. The molecule has 0 amide bonds. The van der Waals surface area contributed by atoms with Crippen LogP contribution in [0.3, 0.4) is 0 Å². The normalized spacial score (nSPS) is 13.1. The van der Waals surface area contributed by atoms with Crippen LogP contribution in [0.1, 0.15) is 8.22 Å². The Labute approximate surface area is 331 Å². The molecule has 5 heteroatoms. The van der Waals surface area contributed by atoms with Crippen molar-refractivity contribution in [2.24, 2.45) is 0 Å². The molecule has 8 aromatic carbocycles. The van der Waals surface area contributed by atoms with Crippen LogP contribution in [0.2, 0.25) is 0 Å². The molecule has 56 heavy (non-hydrogen) atoms. The molecule has 262 valence electrons. The Hall–Kier alpha value is -7.63. The molecule has 0 fully saturated rings. The summed E-state index contributed by atoms with van der Waals surface area (Å²) in [5, 5.41) is 2.14. The lowest BCUT2D eigenvalue weighted by Gasteiger charge is -2.13. The van der Waals surface area contributed by atoms with E-state index in [1.165, 1.54) is 0 Å². The van der Waals surface area contributed by atoms with Gasteiger partial charge in [0.15, 0.2) is 17.5 Å². The lowest BCUT2D eigenvalue weighted by molar-refractivity contribution is 0.669. The minimum absolute atomic E-state index is 0.00527. The first-order chi connectivity index (χ1) is 30.3. The van der Waals surface area contributed by atoms with E-state index >= 15 is 0 Å². The molecule has 0 N–H and O–H groups in total. The van der Waals surface area contributed by atoms with E-state index in [1.807, 2.05) is 138 Å². The lowest BCUT2D eigenvalue weighted by atomic mass is 9.94. The number of benzene rings is 8. The average Bonchev–Trinajstić information content (AvgIpc) is 3.88. The van der Waals surface area contributed by atoms with Gasteiger partial charge in [-0.25, -0.2) is 15.0 Å². The van der Waals surface area contributed by atoms with Crippen molar-refractivity contribution in [3.05, 3.63) is 194 Å². The lowest BCUT2D eigenvalue weighted by Crippen LogP contribution is -2.00. The van der Waals surface area contributed by atoms with Gasteiger partial charge in [0.2, 0.25) is 0 Å². The van der Waals surface area contributed by atoms with Gasteiger partial charge in [-0.05, 0) is 58.6 Å². The molecular weight excluding hydrogens is 685 g/mol. The molecule has 0 bridgehead atoms. The summed E-state index contributed by atoms with van der Waals surface area (Å²) in [5.41, 5.74) is 6.96. The Balaban J connectivity index is 1.29. The van der Waals surface area contributed by atoms with Crippen molar-refractivity contribution < 1.29 is 12.6 Å². The highest BCUT2D eigenvalue weighted by molar-refractivity contribution is 6.19. The molecule has 0 aliphatic heterocycles. The van der Waals surface area contributed by atoms with Gasteiger partial charge in [0.1, 0.15) is 11.2 Å². The third-order valence-electron chi connectivity index (χ3n) is 10.2. The topological polar surface area (TPSA) is 56.7 Å². The van der Waals surface area contributed by atoms with Gasteiger partial charge in [-0.1, -0.05) is 158 Å². The van der Waals surface area contributed by atoms with Crippen LogP contribution in [0.5, 0.6) is 0 Å². The maximum absolute atomic E-state index is 9.68. The SMILES string of the molecule is [2H]c1c([2H])c(-n2c3ccccc3c3c(-c4ccccc4)cc(-c4ccccc4)cc32)c2c(oc3c(-c4nc(-c5ccccc5)nc(-c5ccccc5)n4)c([2H])c([2H])c([2H])c32)c1[2H]. The van der Waals surface area contributed by atoms with Crippen LogP contribution in [0.4, 0.5) is 0 Å². The fourth-order valence-corrected chi connectivity index (χ4v) is 7.69. The Morgan fingerprint density at radius 3 is 1.68 bits per heavy atom. The van der Waals surface area contributed by atoms with E-state index < -0.39 is 6.04 Å². The van der Waals surface area contributed by atoms with Gasteiger partial charge in [0.05, 0.1) is 35.9 Å². The van der Waals surface area contributed by atoms with Gasteiger partial charge < -0.3 is 8.98 Å². The van der Waals surface area contributed by atoms with Gasteiger partial charge in [0.25, 0.3) is 0 Å². The average molecular weight is 723 g/mol. The number of rotatable bonds is 6. The van der Waals surface area contributed by atoms with Crippen molar-refractivity contribution in [2.45, 2.75) is 0 Å². The summed E-state index contributed by atoms with van der Waals surface area (Å²) in [5.74, 6) is 0.705. The molecule has 0 saturated heterocycles. The summed E-state index contributed by atoms with van der Waals surface area (Å²) in [7, 11) is 0. The van der Waals surface area contributed by atoms with Crippen molar-refractivity contribution in [1.82, 2.24) is 19.5 Å². The molecule has 3 heterocycles. The number of aromatic nitrogens is 4. The predicted octanol–water partition coefficient (Wildman–Crippen LogP) is 13.2. The van der Waals surface area contributed by atoms with Gasteiger partial charge in [-0.15, -0.1) is 0 Å². The summed E-state index contributed by atoms with van der Waals surface area (Å²) in [6.07, 6.45) is 0. The smallest absolute Gasteiger partial charge is 0.167 e. The maximum atomic E-state index is 9.68. The van der Waals surface area contributed by atoms with E-state index in [1.54, 1.807) is 0 Å². The Morgan fingerprint density at radius 2 is 1.00 bits per heavy atom. The first kappa shape index (κ1) is 26.2. The molecule has 0 atom stereocenters. The molecule has 0 aliphatic carbocycles. The van der Waals surface area contributed by atoms with Crippen LogP contribution in [-0.4, -0.2) is 19.5 Å². The Morgan fingerprint density at radius 1 is 0.429 bits per heavy atom.